The van der Waals surface area contributed by atoms with Crippen LogP contribution in [0.1, 0.15) is 38.3 Å². The third kappa shape index (κ3) is 3.66. The molecule has 1 aromatic rings. The highest BCUT2D eigenvalue weighted by molar-refractivity contribution is 5.29. The van der Waals surface area contributed by atoms with Crippen LogP contribution in [0.2, 0.25) is 0 Å². The van der Waals surface area contributed by atoms with Crippen LogP contribution in [0.25, 0.3) is 0 Å². The summed E-state index contributed by atoms with van der Waals surface area (Å²) in [7, 11) is 1.86. The third-order valence-electron chi connectivity index (χ3n) is 3.19. The molecule has 0 aliphatic heterocycles. The second-order valence-electron chi connectivity index (χ2n) is 4.70. The van der Waals surface area contributed by atoms with Gasteiger partial charge in [0.2, 0.25) is 0 Å². The number of anilines is 1. The molecule has 0 bridgehead atoms. The summed E-state index contributed by atoms with van der Waals surface area (Å²) in [4.78, 5) is 11.3. The van der Waals surface area contributed by atoms with E-state index in [1.165, 1.54) is 32.2 Å². The zero-order chi connectivity index (χ0) is 12.1. The molecule has 2 rings (SSSR count). The average Bonchev–Trinajstić information content (AvgIpc) is 3.19. The second-order valence-corrected chi connectivity index (χ2v) is 4.70. The monoisotopic (exact) mass is 234 g/mol. The number of aromatic nitrogens is 2. The van der Waals surface area contributed by atoms with E-state index in [1.54, 1.807) is 6.20 Å². The molecular formula is C13H22N4. The zero-order valence-electron chi connectivity index (χ0n) is 10.8. The van der Waals surface area contributed by atoms with E-state index in [2.05, 4.69) is 27.1 Å². The van der Waals surface area contributed by atoms with Crippen LogP contribution in [0.15, 0.2) is 12.4 Å². The maximum absolute atomic E-state index is 4.44. The molecule has 94 valence electrons. The SMILES string of the molecule is CCCCN(Cc1cnc(NC)cn1)C1CC1. The van der Waals surface area contributed by atoms with E-state index in [0.29, 0.717) is 0 Å². The number of hydrogen-bond donors (Lipinski definition) is 1. The predicted molar refractivity (Wildman–Crippen MR) is 69.9 cm³/mol. The van der Waals surface area contributed by atoms with Gasteiger partial charge in [0.15, 0.2) is 0 Å². The standard InChI is InChI=1S/C13H22N4/c1-3-4-7-17(12-5-6-12)10-11-8-16-13(14-2)9-15-11/h8-9,12H,3-7,10H2,1-2H3,(H,14,16). The van der Waals surface area contributed by atoms with E-state index in [0.717, 1.165) is 24.1 Å². The van der Waals surface area contributed by atoms with Gasteiger partial charge in [-0.15, -0.1) is 0 Å². The lowest BCUT2D eigenvalue weighted by atomic mass is 10.3. The van der Waals surface area contributed by atoms with Gasteiger partial charge in [0.1, 0.15) is 5.82 Å². The summed E-state index contributed by atoms with van der Waals surface area (Å²) >= 11 is 0. The maximum Gasteiger partial charge on any atom is 0.144 e. The van der Waals surface area contributed by atoms with Crippen LogP contribution in [0.4, 0.5) is 5.82 Å². The van der Waals surface area contributed by atoms with E-state index in [-0.39, 0.29) is 0 Å². The van der Waals surface area contributed by atoms with Gasteiger partial charge in [0.25, 0.3) is 0 Å². The molecule has 17 heavy (non-hydrogen) atoms. The van der Waals surface area contributed by atoms with Gasteiger partial charge in [-0.3, -0.25) is 9.88 Å². The lowest BCUT2D eigenvalue weighted by molar-refractivity contribution is 0.247. The Bertz CT molecular complexity index is 332. The van der Waals surface area contributed by atoms with Crippen LogP contribution in [0.3, 0.4) is 0 Å². The van der Waals surface area contributed by atoms with Crippen molar-refractivity contribution in [2.24, 2.45) is 0 Å². The van der Waals surface area contributed by atoms with Gasteiger partial charge in [-0.2, -0.15) is 0 Å². The topological polar surface area (TPSA) is 41.1 Å². The zero-order valence-corrected chi connectivity index (χ0v) is 10.8. The Labute approximate surface area is 103 Å². The lowest BCUT2D eigenvalue weighted by Gasteiger charge is -2.21. The molecule has 1 aliphatic carbocycles. The molecule has 0 unspecified atom stereocenters. The molecule has 1 fully saturated rings. The first kappa shape index (κ1) is 12.3. The summed E-state index contributed by atoms with van der Waals surface area (Å²) in [6.45, 7) is 4.38. The van der Waals surface area contributed by atoms with Gasteiger partial charge < -0.3 is 5.32 Å². The lowest BCUT2D eigenvalue weighted by Crippen LogP contribution is -2.27. The Morgan fingerprint density at radius 2 is 2.18 bits per heavy atom. The van der Waals surface area contributed by atoms with Gasteiger partial charge in [-0.05, 0) is 25.8 Å². The largest absolute Gasteiger partial charge is 0.372 e. The molecule has 0 atom stereocenters. The first-order valence-corrected chi connectivity index (χ1v) is 6.56. The van der Waals surface area contributed by atoms with Gasteiger partial charge in [0, 0.05) is 19.6 Å². The number of rotatable bonds is 7. The molecule has 0 radical (unpaired) electrons. The van der Waals surface area contributed by atoms with Gasteiger partial charge in [0.05, 0.1) is 18.1 Å². The molecule has 0 spiro atoms. The summed E-state index contributed by atoms with van der Waals surface area (Å²) in [6.07, 6.45) is 8.93. The number of unbranched alkanes of at least 4 members (excludes halogenated alkanes) is 1. The molecule has 0 aromatic carbocycles. The normalized spacial score (nSPS) is 15.2. The van der Waals surface area contributed by atoms with E-state index < -0.39 is 0 Å². The van der Waals surface area contributed by atoms with Crippen molar-refractivity contribution in [3.05, 3.63) is 18.1 Å². The molecule has 1 N–H and O–H groups in total. The first-order valence-electron chi connectivity index (χ1n) is 6.56. The summed E-state index contributed by atoms with van der Waals surface area (Å²) in [6, 6.07) is 0.798. The van der Waals surface area contributed by atoms with Crippen LogP contribution >= 0.6 is 0 Å². The minimum atomic E-state index is 0.798. The van der Waals surface area contributed by atoms with Crippen molar-refractivity contribution in [1.82, 2.24) is 14.9 Å². The molecule has 0 amide bonds. The van der Waals surface area contributed by atoms with Crippen LogP contribution < -0.4 is 5.32 Å². The number of nitrogens with zero attached hydrogens (tertiary/aromatic N) is 3. The Hall–Kier alpha value is -1.16. The average molecular weight is 234 g/mol. The molecule has 1 aromatic heterocycles. The number of hydrogen-bond acceptors (Lipinski definition) is 4. The highest BCUT2D eigenvalue weighted by atomic mass is 15.2. The van der Waals surface area contributed by atoms with Crippen molar-refractivity contribution in [3.8, 4) is 0 Å². The molecular weight excluding hydrogens is 212 g/mol. The first-order chi connectivity index (χ1) is 8.33. The Morgan fingerprint density at radius 1 is 1.35 bits per heavy atom. The smallest absolute Gasteiger partial charge is 0.144 e. The van der Waals surface area contributed by atoms with E-state index >= 15 is 0 Å². The second kappa shape index (κ2) is 5.96. The number of nitrogens with one attached hydrogen (secondary N) is 1. The van der Waals surface area contributed by atoms with Crippen LogP contribution in [-0.4, -0.2) is 34.5 Å². The summed E-state index contributed by atoms with van der Waals surface area (Å²) in [5, 5.41) is 2.99. The van der Waals surface area contributed by atoms with Crippen molar-refractivity contribution >= 4 is 5.82 Å². The van der Waals surface area contributed by atoms with Crippen LogP contribution in [-0.2, 0) is 6.54 Å². The van der Waals surface area contributed by atoms with Crippen LogP contribution in [0, 0.1) is 0 Å². The Morgan fingerprint density at radius 3 is 2.71 bits per heavy atom. The summed E-state index contributed by atoms with van der Waals surface area (Å²) < 4.78 is 0. The Balaban J connectivity index is 1.91. The third-order valence-corrected chi connectivity index (χ3v) is 3.19. The minimum Gasteiger partial charge on any atom is -0.372 e. The van der Waals surface area contributed by atoms with E-state index in [9.17, 15) is 0 Å². The minimum absolute atomic E-state index is 0.798. The fraction of sp³-hybridized carbons (Fsp3) is 0.692. The molecule has 1 aliphatic rings. The van der Waals surface area contributed by atoms with Gasteiger partial charge in [-0.25, -0.2) is 4.98 Å². The van der Waals surface area contributed by atoms with E-state index in [1.807, 2.05) is 13.2 Å². The Kier molecular flexibility index (Phi) is 4.31. The molecule has 4 heteroatoms. The van der Waals surface area contributed by atoms with Gasteiger partial charge >= 0.3 is 0 Å². The van der Waals surface area contributed by atoms with Crippen molar-refractivity contribution in [1.29, 1.82) is 0 Å². The maximum atomic E-state index is 4.44. The van der Waals surface area contributed by atoms with Crippen molar-refractivity contribution in [2.75, 3.05) is 18.9 Å². The van der Waals surface area contributed by atoms with Gasteiger partial charge in [-0.1, -0.05) is 13.3 Å². The summed E-state index contributed by atoms with van der Waals surface area (Å²) in [5.74, 6) is 0.834. The van der Waals surface area contributed by atoms with E-state index in [4.69, 9.17) is 0 Å². The molecule has 1 saturated carbocycles. The molecule has 4 nitrogen and oxygen atoms in total. The predicted octanol–water partition coefficient (Wildman–Crippen LogP) is 2.28. The fourth-order valence-corrected chi connectivity index (χ4v) is 1.97. The highest BCUT2D eigenvalue weighted by Gasteiger charge is 2.28. The van der Waals surface area contributed by atoms with Crippen LogP contribution in [0.5, 0.6) is 0 Å². The van der Waals surface area contributed by atoms with Crippen molar-refractivity contribution < 1.29 is 0 Å². The molecule has 1 heterocycles. The van der Waals surface area contributed by atoms with Crippen molar-refractivity contribution in [3.63, 3.8) is 0 Å². The van der Waals surface area contributed by atoms with Crippen molar-refractivity contribution in [2.45, 2.75) is 45.2 Å². The fourth-order valence-electron chi connectivity index (χ4n) is 1.97. The molecule has 0 saturated heterocycles. The highest BCUT2D eigenvalue weighted by Crippen LogP contribution is 2.28. The quantitative estimate of drug-likeness (QED) is 0.786. The summed E-state index contributed by atoms with van der Waals surface area (Å²) in [5.41, 5.74) is 1.08.